The highest BCUT2D eigenvalue weighted by molar-refractivity contribution is 6.06. The Kier molecular flexibility index (Phi) is 5.26. The number of fused-ring (bicyclic) bond motifs is 1. The summed E-state index contributed by atoms with van der Waals surface area (Å²) in [6.45, 7) is 0. The molecule has 0 fully saturated rings. The van der Waals surface area contributed by atoms with E-state index in [1.807, 2.05) is 59.1 Å². The summed E-state index contributed by atoms with van der Waals surface area (Å²) in [4.78, 5) is 17.9. The normalized spacial score (nSPS) is 10.6. The molecule has 2 aromatic heterocycles. The van der Waals surface area contributed by atoms with E-state index in [1.165, 1.54) is 21.3 Å². The zero-order valence-electron chi connectivity index (χ0n) is 16.9. The lowest BCUT2D eigenvalue weighted by Gasteiger charge is -2.14. The maximum absolute atomic E-state index is 13.2. The van der Waals surface area contributed by atoms with Crippen LogP contribution in [0.15, 0.2) is 66.9 Å². The third-order valence-corrected chi connectivity index (χ3v) is 4.74. The molecule has 0 spiro atoms. The quantitative estimate of drug-likeness (QED) is 0.520. The molecule has 0 unspecified atom stereocenters. The second-order valence-electron chi connectivity index (χ2n) is 6.47. The number of anilines is 1. The first kappa shape index (κ1) is 19.3. The number of nitrogens with zero attached hydrogens (tertiary/aromatic N) is 2. The van der Waals surface area contributed by atoms with Crippen LogP contribution in [0.4, 0.5) is 5.82 Å². The van der Waals surface area contributed by atoms with Crippen LogP contribution in [0.5, 0.6) is 17.2 Å². The Bertz CT molecular complexity index is 1180. The van der Waals surface area contributed by atoms with Crippen LogP contribution in [0.2, 0.25) is 0 Å². The molecule has 7 heteroatoms. The van der Waals surface area contributed by atoms with Gasteiger partial charge in [-0.3, -0.25) is 9.20 Å². The number of aromatic nitrogens is 2. The average Bonchev–Trinajstić information content (AvgIpc) is 3.16. The molecule has 4 aromatic rings. The summed E-state index contributed by atoms with van der Waals surface area (Å²) in [6.07, 6.45) is 1.86. The second kappa shape index (κ2) is 8.16. The Labute approximate surface area is 173 Å². The number of imidazole rings is 1. The molecule has 2 aromatic carbocycles. The Morgan fingerprint density at radius 2 is 1.57 bits per heavy atom. The molecule has 4 rings (SSSR count). The van der Waals surface area contributed by atoms with Gasteiger partial charge in [-0.25, -0.2) is 4.98 Å². The number of benzene rings is 2. The molecule has 1 amide bonds. The summed E-state index contributed by atoms with van der Waals surface area (Å²) in [5.74, 6) is 1.50. The van der Waals surface area contributed by atoms with Gasteiger partial charge in [-0.2, -0.15) is 0 Å². The largest absolute Gasteiger partial charge is 0.493 e. The highest BCUT2D eigenvalue weighted by Crippen LogP contribution is 2.38. The van der Waals surface area contributed by atoms with Gasteiger partial charge in [0, 0.05) is 17.3 Å². The summed E-state index contributed by atoms with van der Waals surface area (Å²) in [7, 11) is 4.54. The lowest BCUT2D eigenvalue weighted by molar-refractivity contribution is 0.102. The van der Waals surface area contributed by atoms with Gasteiger partial charge in [-0.15, -0.1) is 0 Å². The van der Waals surface area contributed by atoms with E-state index >= 15 is 0 Å². The van der Waals surface area contributed by atoms with Crippen LogP contribution in [-0.4, -0.2) is 36.6 Å². The van der Waals surface area contributed by atoms with Crippen molar-refractivity contribution in [2.45, 2.75) is 0 Å². The molecule has 30 heavy (non-hydrogen) atoms. The molecule has 0 atom stereocenters. The van der Waals surface area contributed by atoms with Crippen LogP contribution < -0.4 is 19.5 Å². The SMILES string of the molecule is COc1cc(C(=O)Nc2c(-c3ccccc3)nc3ccccn23)cc(OC)c1OC. The molecular weight excluding hydrogens is 382 g/mol. The number of nitrogens with one attached hydrogen (secondary N) is 1. The fourth-order valence-corrected chi connectivity index (χ4v) is 3.30. The predicted octanol–water partition coefficient (Wildman–Crippen LogP) is 4.28. The number of carbonyl (C=O) groups excluding carboxylic acids is 1. The average molecular weight is 403 g/mol. The van der Waals surface area contributed by atoms with E-state index in [2.05, 4.69) is 5.32 Å². The molecule has 0 saturated heterocycles. The van der Waals surface area contributed by atoms with Gasteiger partial charge in [0.15, 0.2) is 11.5 Å². The molecule has 1 N–H and O–H groups in total. The van der Waals surface area contributed by atoms with Crippen LogP contribution in [0.3, 0.4) is 0 Å². The minimum atomic E-state index is -0.322. The standard InChI is InChI=1S/C23H21N3O4/c1-28-17-13-16(14-18(29-2)21(17)30-3)23(27)25-22-20(15-9-5-4-6-10-15)24-19-11-7-8-12-26(19)22/h4-14H,1-3H3,(H,25,27). The van der Waals surface area contributed by atoms with Crippen molar-refractivity contribution in [2.75, 3.05) is 26.6 Å². The van der Waals surface area contributed by atoms with E-state index in [0.29, 0.717) is 34.3 Å². The number of amides is 1. The van der Waals surface area contributed by atoms with Crippen LogP contribution >= 0.6 is 0 Å². The molecule has 0 bridgehead atoms. The Balaban J connectivity index is 1.79. The Morgan fingerprint density at radius 3 is 2.20 bits per heavy atom. The molecule has 0 radical (unpaired) electrons. The Hall–Kier alpha value is -4.00. The number of methoxy groups -OCH3 is 3. The van der Waals surface area contributed by atoms with Gasteiger partial charge in [-0.1, -0.05) is 36.4 Å². The smallest absolute Gasteiger partial charge is 0.257 e. The summed E-state index contributed by atoms with van der Waals surface area (Å²) >= 11 is 0. The van der Waals surface area contributed by atoms with E-state index in [9.17, 15) is 4.79 Å². The van der Waals surface area contributed by atoms with E-state index in [-0.39, 0.29) is 5.91 Å². The van der Waals surface area contributed by atoms with Gasteiger partial charge in [0.2, 0.25) is 5.75 Å². The van der Waals surface area contributed by atoms with Crippen LogP contribution in [0, 0.1) is 0 Å². The Morgan fingerprint density at radius 1 is 0.900 bits per heavy atom. The zero-order valence-corrected chi connectivity index (χ0v) is 16.9. The van der Waals surface area contributed by atoms with Crippen molar-refractivity contribution in [3.8, 4) is 28.5 Å². The number of pyridine rings is 1. The lowest BCUT2D eigenvalue weighted by Crippen LogP contribution is -2.14. The van der Waals surface area contributed by atoms with Gasteiger partial charge in [0.25, 0.3) is 5.91 Å². The van der Waals surface area contributed by atoms with E-state index in [4.69, 9.17) is 19.2 Å². The fourth-order valence-electron chi connectivity index (χ4n) is 3.30. The van der Waals surface area contributed by atoms with Crippen LogP contribution in [-0.2, 0) is 0 Å². The first-order valence-electron chi connectivity index (χ1n) is 9.30. The molecule has 0 aliphatic carbocycles. The van der Waals surface area contributed by atoms with Gasteiger partial charge < -0.3 is 19.5 Å². The van der Waals surface area contributed by atoms with Crippen molar-refractivity contribution in [2.24, 2.45) is 0 Å². The molecule has 2 heterocycles. The lowest BCUT2D eigenvalue weighted by atomic mass is 10.1. The fraction of sp³-hybridized carbons (Fsp3) is 0.130. The van der Waals surface area contributed by atoms with Crippen molar-refractivity contribution in [1.82, 2.24) is 9.38 Å². The van der Waals surface area contributed by atoms with Crippen molar-refractivity contribution in [1.29, 1.82) is 0 Å². The van der Waals surface area contributed by atoms with Crippen LogP contribution in [0.25, 0.3) is 16.9 Å². The summed E-state index contributed by atoms with van der Waals surface area (Å²) < 4.78 is 17.9. The molecule has 152 valence electrons. The number of ether oxygens (including phenoxy) is 3. The maximum Gasteiger partial charge on any atom is 0.257 e. The minimum Gasteiger partial charge on any atom is -0.493 e. The molecular formula is C23H21N3O4. The topological polar surface area (TPSA) is 74.1 Å². The monoisotopic (exact) mass is 403 g/mol. The molecule has 0 aliphatic rings. The van der Waals surface area contributed by atoms with E-state index in [1.54, 1.807) is 12.1 Å². The van der Waals surface area contributed by atoms with Gasteiger partial charge >= 0.3 is 0 Å². The molecule has 0 aliphatic heterocycles. The van der Waals surface area contributed by atoms with Gasteiger partial charge in [0.1, 0.15) is 17.2 Å². The van der Waals surface area contributed by atoms with E-state index < -0.39 is 0 Å². The van der Waals surface area contributed by atoms with Crippen molar-refractivity contribution >= 4 is 17.4 Å². The van der Waals surface area contributed by atoms with Crippen molar-refractivity contribution in [3.05, 3.63) is 72.4 Å². The highest BCUT2D eigenvalue weighted by atomic mass is 16.5. The predicted molar refractivity (Wildman–Crippen MR) is 115 cm³/mol. The summed E-state index contributed by atoms with van der Waals surface area (Å²) in [5.41, 5.74) is 2.69. The summed E-state index contributed by atoms with van der Waals surface area (Å²) in [6, 6.07) is 18.6. The highest BCUT2D eigenvalue weighted by Gasteiger charge is 2.20. The van der Waals surface area contributed by atoms with Gasteiger partial charge in [0.05, 0.1) is 21.3 Å². The minimum absolute atomic E-state index is 0.322. The van der Waals surface area contributed by atoms with Crippen molar-refractivity contribution < 1.29 is 19.0 Å². The number of carbonyl (C=O) groups is 1. The summed E-state index contributed by atoms with van der Waals surface area (Å²) in [5, 5.41) is 3.00. The zero-order chi connectivity index (χ0) is 21.1. The third kappa shape index (κ3) is 3.41. The maximum atomic E-state index is 13.2. The van der Waals surface area contributed by atoms with Gasteiger partial charge in [-0.05, 0) is 24.3 Å². The third-order valence-electron chi connectivity index (χ3n) is 4.74. The van der Waals surface area contributed by atoms with Crippen molar-refractivity contribution in [3.63, 3.8) is 0 Å². The van der Waals surface area contributed by atoms with Crippen LogP contribution in [0.1, 0.15) is 10.4 Å². The number of hydrogen-bond acceptors (Lipinski definition) is 5. The first-order chi connectivity index (χ1) is 14.7. The second-order valence-corrected chi connectivity index (χ2v) is 6.47. The molecule has 0 saturated carbocycles. The molecule has 7 nitrogen and oxygen atoms in total. The van der Waals surface area contributed by atoms with E-state index in [0.717, 1.165) is 11.2 Å². The number of rotatable bonds is 6. The first-order valence-corrected chi connectivity index (χ1v) is 9.30. The number of hydrogen-bond donors (Lipinski definition) is 1.